The summed E-state index contributed by atoms with van der Waals surface area (Å²) in [6, 6.07) is 0. The van der Waals surface area contributed by atoms with Gasteiger partial charge in [0.25, 0.3) is 0 Å². The average molecular weight is 80.0 g/mol. The summed E-state index contributed by atoms with van der Waals surface area (Å²) in [5.74, 6) is 0. The molecule has 0 radical (unpaired) electrons. The molecule has 0 fully saturated rings. The monoisotopic (exact) mass is 80.0 g/mol. The summed E-state index contributed by atoms with van der Waals surface area (Å²) in [5.41, 5.74) is 0. The number of aliphatic hydroxyl groups excluding tert-OH is 1. The Balaban J connectivity index is -0.00000000500. The predicted octanol–water partition coefficient (Wildman–Crippen LogP) is -1.69. The Kier molecular flexibility index (Phi) is 84.7. The first kappa shape index (κ1) is 16.7. The Morgan fingerprint density at radius 3 is 1.00 bits per heavy atom. The van der Waals surface area contributed by atoms with E-state index in [1.54, 1.807) is 0 Å². The zero-order valence-corrected chi connectivity index (χ0v) is 1.45. The van der Waals surface area contributed by atoms with Gasteiger partial charge >= 0.3 is 59.1 Å². The van der Waals surface area contributed by atoms with E-state index in [1.807, 2.05) is 0 Å². The zero-order chi connectivity index (χ0) is 2.00. The summed E-state index contributed by atoms with van der Waals surface area (Å²) in [6.45, 7) is 0. The molecular weight excluding hydrogens is 74.0 g/mol. The maximum atomic E-state index is 7.00. The van der Waals surface area contributed by atoms with Gasteiger partial charge in [-0.05, 0) is 0 Å². The van der Waals surface area contributed by atoms with Crippen LogP contribution < -0.4 is 0 Å². The third-order valence-corrected chi connectivity index (χ3v) is 0. The van der Waals surface area contributed by atoms with Crippen LogP contribution in [0.15, 0.2) is 0 Å². The van der Waals surface area contributed by atoms with Crippen LogP contribution in [0.25, 0.3) is 0 Å². The molecule has 0 bridgehead atoms. The summed E-state index contributed by atoms with van der Waals surface area (Å²) in [6.07, 6.45) is 0. The van der Waals surface area contributed by atoms with Crippen LogP contribution in [0.5, 0.6) is 0 Å². The van der Waals surface area contributed by atoms with Gasteiger partial charge in [0.2, 0.25) is 0 Å². The summed E-state index contributed by atoms with van der Waals surface area (Å²) >= 11 is 0. The van der Waals surface area contributed by atoms with Crippen LogP contribution in [-0.4, -0.2) is 71.3 Å². The molecule has 1 N–H and O–H groups in total. The van der Waals surface area contributed by atoms with E-state index in [1.165, 1.54) is 0 Å². The Morgan fingerprint density at radius 1 is 1.00 bits per heavy atom. The van der Waals surface area contributed by atoms with Crippen molar-refractivity contribution in [1.82, 2.24) is 0 Å². The molecule has 4 heavy (non-hydrogen) atoms. The number of aliphatic hydroxyl groups is 1. The molecular formula is CH6Na2O. The van der Waals surface area contributed by atoms with E-state index >= 15 is 0 Å². The Bertz CT molecular complexity index is 6.00. The molecule has 0 aromatic carbocycles. The SMILES string of the molecule is CO.[NaH].[NaH]. The van der Waals surface area contributed by atoms with Crippen molar-refractivity contribution in [3.63, 3.8) is 0 Å². The van der Waals surface area contributed by atoms with Crippen LogP contribution >= 0.6 is 0 Å². The second-order valence-electron chi connectivity index (χ2n) is 0. The van der Waals surface area contributed by atoms with Crippen LogP contribution in [0.2, 0.25) is 0 Å². The fourth-order valence-corrected chi connectivity index (χ4v) is 0. The van der Waals surface area contributed by atoms with Gasteiger partial charge in [-0.3, -0.25) is 0 Å². The van der Waals surface area contributed by atoms with Gasteiger partial charge < -0.3 is 5.11 Å². The van der Waals surface area contributed by atoms with Gasteiger partial charge in [0.1, 0.15) is 0 Å². The first-order valence-corrected chi connectivity index (χ1v) is 0.447. The number of hydrogen-bond donors (Lipinski definition) is 1. The third kappa shape index (κ3) is 9.03. The fraction of sp³-hybridized carbons (Fsp3) is 1.00. The van der Waals surface area contributed by atoms with Gasteiger partial charge in [-0.25, -0.2) is 0 Å². The molecule has 18 valence electrons. The minimum atomic E-state index is 0. The molecule has 0 amide bonds. The molecule has 0 aliphatic carbocycles. The van der Waals surface area contributed by atoms with E-state index in [4.69, 9.17) is 5.11 Å². The molecule has 0 saturated carbocycles. The van der Waals surface area contributed by atoms with E-state index in [-0.39, 0.29) is 59.1 Å². The van der Waals surface area contributed by atoms with E-state index in [9.17, 15) is 0 Å². The zero-order valence-electron chi connectivity index (χ0n) is 1.45. The molecule has 0 atom stereocenters. The van der Waals surface area contributed by atoms with E-state index < -0.39 is 0 Å². The number of hydrogen-bond acceptors (Lipinski definition) is 1. The quantitative estimate of drug-likeness (QED) is 0.344. The van der Waals surface area contributed by atoms with Gasteiger partial charge in [-0.15, -0.1) is 0 Å². The standard InChI is InChI=1S/CH4O.2Na.2H/c1-2;;;;/h2H,1H3;;;;. The average Bonchev–Trinajstić information content (AvgIpc) is 1.00. The van der Waals surface area contributed by atoms with Crippen LogP contribution in [0.3, 0.4) is 0 Å². The molecule has 0 aliphatic heterocycles. The van der Waals surface area contributed by atoms with Crippen molar-refractivity contribution in [3.8, 4) is 0 Å². The first-order chi connectivity index (χ1) is 1.00. The first-order valence-electron chi connectivity index (χ1n) is 0.447. The van der Waals surface area contributed by atoms with E-state index in [2.05, 4.69) is 0 Å². The predicted molar refractivity (Wildman–Crippen MR) is 22.4 cm³/mol. The third-order valence-electron chi connectivity index (χ3n) is 0. The summed E-state index contributed by atoms with van der Waals surface area (Å²) in [4.78, 5) is 0. The number of rotatable bonds is 0. The van der Waals surface area contributed by atoms with Gasteiger partial charge in [0.05, 0.1) is 0 Å². The summed E-state index contributed by atoms with van der Waals surface area (Å²) in [5, 5.41) is 7.00. The normalized spacial score (nSPS) is 1.50. The van der Waals surface area contributed by atoms with Crippen molar-refractivity contribution in [2.45, 2.75) is 0 Å². The van der Waals surface area contributed by atoms with Crippen molar-refractivity contribution < 1.29 is 5.11 Å². The van der Waals surface area contributed by atoms with E-state index in [0.29, 0.717) is 0 Å². The molecule has 0 aromatic rings. The summed E-state index contributed by atoms with van der Waals surface area (Å²) < 4.78 is 0. The molecule has 0 spiro atoms. The van der Waals surface area contributed by atoms with E-state index in [0.717, 1.165) is 7.11 Å². The van der Waals surface area contributed by atoms with Crippen LogP contribution in [0.4, 0.5) is 0 Å². The molecule has 0 heterocycles. The molecule has 1 nitrogen and oxygen atoms in total. The van der Waals surface area contributed by atoms with Crippen molar-refractivity contribution in [2.75, 3.05) is 7.11 Å². The Labute approximate surface area is 70.4 Å². The second kappa shape index (κ2) is 20.2. The Hall–Kier alpha value is 1.96. The molecule has 0 rings (SSSR count). The van der Waals surface area contributed by atoms with Crippen LogP contribution in [-0.2, 0) is 0 Å². The van der Waals surface area contributed by atoms with Crippen LogP contribution in [0, 0.1) is 0 Å². The van der Waals surface area contributed by atoms with Crippen molar-refractivity contribution in [2.24, 2.45) is 0 Å². The minimum absolute atomic E-state index is 0. The summed E-state index contributed by atoms with van der Waals surface area (Å²) in [7, 11) is 1.00. The molecule has 0 aromatic heterocycles. The molecule has 3 heteroatoms. The van der Waals surface area contributed by atoms with Gasteiger partial charge in [-0.1, -0.05) is 0 Å². The topological polar surface area (TPSA) is 20.2 Å². The van der Waals surface area contributed by atoms with Crippen molar-refractivity contribution in [1.29, 1.82) is 0 Å². The molecule has 0 saturated heterocycles. The van der Waals surface area contributed by atoms with Gasteiger partial charge in [0, 0.05) is 7.11 Å². The van der Waals surface area contributed by atoms with Crippen LogP contribution in [0.1, 0.15) is 0 Å². The van der Waals surface area contributed by atoms with Crippen molar-refractivity contribution >= 4 is 59.1 Å². The maximum absolute atomic E-state index is 7.00. The second-order valence-corrected chi connectivity index (χ2v) is 0. The fourth-order valence-electron chi connectivity index (χ4n) is 0. The van der Waals surface area contributed by atoms with Gasteiger partial charge in [0.15, 0.2) is 0 Å². The van der Waals surface area contributed by atoms with Crippen molar-refractivity contribution in [3.05, 3.63) is 0 Å². The van der Waals surface area contributed by atoms with Gasteiger partial charge in [-0.2, -0.15) is 0 Å². The molecule has 0 aliphatic rings. The Morgan fingerprint density at radius 2 is 1.00 bits per heavy atom. The molecule has 0 unspecified atom stereocenters.